The molecule has 2 amide bonds. The molecule has 0 saturated carbocycles. The van der Waals surface area contributed by atoms with Gasteiger partial charge in [0.25, 0.3) is 11.8 Å². The number of piperazine rings is 1. The van der Waals surface area contributed by atoms with Crippen LogP contribution in [0.5, 0.6) is 0 Å². The van der Waals surface area contributed by atoms with Gasteiger partial charge in [-0.25, -0.2) is 5.48 Å². The van der Waals surface area contributed by atoms with Crippen molar-refractivity contribution in [2.24, 2.45) is 0 Å². The molecule has 0 radical (unpaired) electrons. The molecule has 1 aliphatic rings. The van der Waals surface area contributed by atoms with Crippen LogP contribution in [0.2, 0.25) is 0 Å². The second-order valence-electron chi connectivity index (χ2n) is 6.95. The largest absolute Gasteiger partial charge is 0.360 e. The topological polar surface area (TPSA) is 88.7 Å². The van der Waals surface area contributed by atoms with Gasteiger partial charge in [-0.3, -0.25) is 19.7 Å². The fraction of sp³-hybridized carbons (Fsp3) is 0.238. The van der Waals surface area contributed by atoms with Crippen molar-refractivity contribution >= 4 is 22.7 Å². The lowest BCUT2D eigenvalue weighted by Gasteiger charge is -2.34. The van der Waals surface area contributed by atoms with Gasteiger partial charge in [0.15, 0.2) is 0 Å². The lowest BCUT2D eigenvalue weighted by Crippen LogP contribution is -2.48. The van der Waals surface area contributed by atoms with Gasteiger partial charge in [-0.1, -0.05) is 30.3 Å². The van der Waals surface area contributed by atoms with Gasteiger partial charge < -0.3 is 9.88 Å². The lowest BCUT2D eigenvalue weighted by molar-refractivity contribution is 0.0630. The molecule has 0 atom stereocenters. The summed E-state index contributed by atoms with van der Waals surface area (Å²) in [5.41, 5.74) is 4.84. The molecule has 7 heteroatoms. The molecular formula is C21H22N4O3. The van der Waals surface area contributed by atoms with Gasteiger partial charge in [0.05, 0.1) is 5.56 Å². The third kappa shape index (κ3) is 3.62. The number of fused-ring (bicyclic) bond motifs is 1. The minimum Gasteiger partial charge on any atom is -0.360 e. The van der Waals surface area contributed by atoms with Crippen molar-refractivity contribution < 1.29 is 14.8 Å². The Bertz CT molecular complexity index is 988. The molecule has 144 valence electrons. The molecule has 3 N–H and O–H groups in total. The number of aromatic nitrogens is 1. The Morgan fingerprint density at radius 1 is 1.00 bits per heavy atom. The van der Waals surface area contributed by atoms with Gasteiger partial charge in [0.2, 0.25) is 0 Å². The maximum Gasteiger partial charge on any atom is 0.274 e. The zero-order valence-corrected chi connectivity index (χ0v) is 15.4. The van der Waals surface area contributed by atoms with Crippen LogP contribution < -0.4 is 5.48 Å². The van der Waals surface area contributed by atoms with Crippen LogP contribution >= 0.6 is 0 Å². The second-order valence-corrected chi connectivity index (χ2v) is 6.95. The second kappa shape index (κ2) is 7.84. The highest BCUT2D eigenvalue weighted by Crippen LogP contribution is 2.20. The summed E-state index contributed by atoms with van der Waals surface area (Å²) in [6, 6.07) is 15.0. The Labute approximate surface area is 162 Å². The fourth-order valence-electron chi connectivity index (χ4n) is 3.61. The lowest BCUT2D eigenvalue weighted by atomic mass is 10.1. The third-order valence-corrected chi connectivity index (χ3v) is 5.20. The molecule has 4 rings (SSSR count). The Hall–Kier alpha value is -3.16. The summed E-state index contributed by atoms with van der Waals surface area (Å²) >= 11 is 0. The van der Waals surface area contributed by atoms with Crippen molar-refractivity contribution in [1.29, 1.82) is 0 Å². The normalized spacial score (nSPS) is 15.0. The molecule has 2 heterocycles. The van der Waals surface area contributed by atoms with Crippen LogP contribution in [0.4, 0.5) is 0 Å². The third-order valence-electron chi connectivity index (χ3n) is 5.20. The monoisotopic (exact) mass is 378 g/mol. The molecule has 2 aromatic carbocycles. The maximum absolute atomic E-state index is 12.9. The quantitative estimate of drug-likeness (QED) is 0.480. The number of aromatic amines is 1. The van der Waals surface area contributed by atoms with Gasteiger partial charge >= 0.3 is 0 Å². The van der Waals surface area contributed by atoms with Gasteiger partial charge in [0, 0.05) is 55.4 Å². The molecule has 7 nitrogen and oxygen atoms in total. The summed E-state index contributed by atoms with van der Waals surface area (Å²) in [4.78, 5) is 31.6. The SMILES string of the molecule is O=C(NO)c1ccc(CN2CCN(C(=O)c3c[nH]c4ccccc34)CC2)cc1. The number of hydrogen-bond donors (Lipinski definition) is 3. The fourth-order valence-corrected chi connectivity index (χ4v) is 3.61. The van der Waals surface area contributed by atoms with Crippen LogP contribution in [0.15, 0.2) is 54.7 Å². The number of nitrogens with zero attached hydrogens (tertiary/aromatic N) is 2. The molecule has 28 heavy (non-hydrogen) atoms. The maximum atomic E-state index is 12.9. The predicted octanol–water partition coefficient (Wildman–Crippen LogP) is 2.24. The number of nitrogens with one attached hydrogen (secondary N) is 2. The van der Waals surface area contributed by atoms with Crippen LogP contribution in [0, 0.1) is 0 Å². The zero-order valence-electron chi connectivity index (χ0n) is 15.4. The van der Waals surface area contributed by atoms with Crippen LogP contribution in [0.1, 0.15) is 26.3 Å². The van der Waals surface area contributed by atoms with Crippen molar-refractivity contribution in [2.45, 2.75) is 6.54 Å². The minimum absolute atomic E-state index is 0.0662. The first-order valence-electron chi connectivity index (χ1n) is 9.27. The van der Waals surface area contributed by atoms with Crippen LogP contribution in [0.25, 0.3) is 10.9 Å². The summed E-state index contributed by atoms with van der Waals surface area (Å²) < 4.78 is 0. The number of carbonyl (C=O) groups excluding carboxylic acids is 2. The van der Waals surface area contributed by atoms with Crippen LogP contribution in [0.3, 0.4) is 0 Å². The number of amides is 2. The molecule has 0 bridgehead atoms. The first-order valence-corrected chi connectivity index (χ1v) is 9.27. The van der Waals surface area contributed by atoms with E-state index in [2.05, 4.69) is 9.88 Å². The van der Waals surface area contributed by atoms with E-state index in [1.165, 1.54) is 0 Å². The first kappa shape index (κ1) is 18.2. The van der Waals surface area contributed by atoms with Crippen molar-refractivity contribution in [2.75, 3.05) is 26.2 Å². The van der Waals surface area contributed by atoms with Crippen LogP contribution in [-0.2, 0) is 6.54 Å². The van der Waals surface area contributed by atoms with Crippen molar-refractivity contribution in [1.82, 2.24) is 20.3 Å². The number of rotatable bonds is 4. The molecular weight excluding hydrogens is 356 g/mol. The number of hydroxylamine groups is 1. The van der Waals surface area contributed by atoms with E-state index in [-0.39, 0.29) is 5.91 Å². The van der Waals surface area contributed by atoms with E-state index in [0.717, 1.165) is 41.7 Å². The summed E-state index contributed by atoms with van der Waals surface area (Å²) in [5.74, 6) is -0.451. The molecule has 1 fully saturated rings. The Morgan fingerprint density at radius 3 is 2.43 bits per heavy atom. The van der Waals surface area contributed by atoms with Crippen molar-refractivity contribution in [3.63, 3.8) is 0 Å². The first-order chi connectivity index (χ1) is 13.7. The molecule has 1 saturated heterocycles. The summed E-state index contributed by atoms with van der Waals surface area (Å²) in [6.07, 6.45) is 1.80. The number of hydrogen-bond acceptors (Lipinski definition) is 4. The van der Waals surface area contributed by atoms with E-state index < -0.39 is 5.91 Å². The predicted molar refractivity (Wildman–Crippen MR) is 105 cm³/mol. The zero-order chi connectivity index (χ0) is 19.5. The molecule has 1 aromatic heterocycles. The van der Waals surface area contributed by atoms with E-state index in [1.807, 2.05) is 41.3 Å². The summed E-state index contributed by atoms with van der Waals surface area (Å²) in [5, 5.41) is 9.63. The summed E-state index contributed by atoms with van der Waals surface area (Å²) in [6.45, 7) is 3.72. The molecule has 1 aliphatic heterocycles. The van der Waals surface area contributed by atoms with Gasteiger partial charge in [0.1, 0.15) is 0 Å². The Morgan fingerprint density at radius 2 is 1.71 bits per heavy atom. The number of para-hydroxylation sites is 1. The highest BCUT2D eigenvalue weighted by molar-refractivity contribution is 6.06. The van der Waals surface area contributed by atoms with Crippen molar-refractivity contribution in [3.05, 3.63) is 71.4 Å². The average molecular weight is 378 g/mol. The highest BCUT2D eigenvalue weighted by Gasteiger charge is 2.24. The average Bonchev–Trinajstić information content (AvgIpc) is 3.18. The number of H-pyrrole nitrogens is 1. The van der Waals surface area contributed by atoms with E-state index in [0.29, 0.717) is 18.7 Å². The van der Waals surface area contributed by atoms with E-state index in [1.54, 1.807) is 23.8 Å². The molecule has 0 spiro atoms. The molecule has 3 aromatic rings. The Kier molecular flexibility index (Phi) is 5.10. The minimum atomic E-state index is -0.518. The molecule has 0 unspecified atom stereocenters. The van der Waals surface area contributed by atoms with Gasteiger partial charge in [-0.05, 0) is 23.8 Å². The smallest absolute Gasteiger partial charge is 0.274 e. The van der Waals surface area contributed by atoms with Crippen LogP contribution in [-0.4, -0.2) is 58.0 Å². The highest BCUT2D eigenvalue weighted by atomic mass is 16.5. The van der Waals surface area contributed by atoms with Crippen molar-refractivity contribution in [3.8, 4) is 0 Å². The van der Waals surface area contributed by atoms with Gasteiger partial charge in [-0.15, -0.1) is 0 Å². The summed E-state index contributed by atoms with van der Waals surface area (Å²) in [7, 11) is 0. The number of carbonyl (C=O) groups is 2. The Balaban J connectivity index is 1.35. The standard InChI is InChI=1S/C21H22N4O3/c26-20(23-28)16-7-5-15(6-8-16)14-24-9-11-25(12-10-24)21(27)18-13-22-19-4-2-1-3-17(18)19/h1-8,13,22,28H,9-12,14H2,(H,23,26). The van der Waals surface area contributed by atoms with E-state index >= 15 is 0 Å². The number of benzene rings is 2. The van der Waals surface area contributed by atoms with E-state index in [9.17, 15) is 9.59 Å². The van der Waals surface area contributed by atoms with E-state index in [4.69, 9.17) is 5.21 Å². The van der Waals surface area contributed by atoms with Gasteiger partial charge in [-0.2, -0.15) is 0 Å². The molecule has 0 aliphatic carbocycles.